The summed E-state index contributed by atoms with van der Waals surface area (Å²) in [5.74, 6) is 1.29. The number of halogens is 3. The van der Waals surface area contributed by atoms with Crippen molar-refractivity contribution in [3.63, 3.8) is 0 Å². The van der Waals surface area contributed by atoms with E-state index in [-0.39, 0.29) is 28.0 Å². The van der Waals surface area contributed by atoms with Gasteiger partial charge in [0.25, 0.3) is 5.91 Å². The quantitative estimate of drug-likeness (QED) is 0.532. The largest absolute Gasteiger partial charge is 0.455 e. The van der Waals surface area contributed by atoms with E-state index in [0.717, 1.165) is 19.3 Å². The molecule has 0 spiro atoms. The number of hydrogen-bond acceptors (Lipinski definition) is 3. The number of carbonyl (C=O) groups excluding carboxylic acids is 2. The van der Waals surface area contributed by atoms with Crippen LogP contribution < -0.4 is 5.32 Å². The van der Waals surface area contributed by atoms with Crippen LogP contribution in [0.2, 0.25) is 15.1 Å². The van der Waals surface area contributed by atoms with Crippen molar-refractivity contribution in [3.8, 4) is 0 Å². The number of hydrogen-bond donors (Lipinski definition) is 1. The highest BCUT2D eigenvalue weighted by Crippen LogP contribution is 2.60. The molecule has 0 saturated heterocycles. The molecule has 1 aromatic rings. The predicted molar refractivity (Wildman–Crippen MR) is 102 cm³/mol. The summed E-state index contributed by atoms with van der Waals surface area (Å²) in [5, 5.41) is 3.49. The van der Waals surface area contributed by atoms with E-state index < -0.39 is 5.91 Å². The number of ether oxygens (including phenoxy) is 1. The molecule has 0 unspecified atom stereocenters. The maximum atomic E-state index is 12.8. The molecule has 4 saturated carbocycles. The maximum absolute atomic E-state index is 12.8. The Morgan fingerprint density at radius 3 is 2.08 bits per heavy atom. The molecule has 7 heteroatoms. The van der Waals surface area contributed by atoms with Gasteiger partial charge in [0.1, 0.15) is 0 Å². The SMILES string of the molecule is O=C(COC(=O)C12CC3CC(CC(C3)C1)C2)Nc1cc(Cl)c(Cl)cc1Cl. The highest BCUT2D eigenvalue weighted by Gasteiger charge is 2.55. The van der Waals surface area contributed by atoms with Gasteiger partial charge in [-0.15, -0.1) is 0 Å². The van der Waals surface area contributed by atoms with Crippen molar-refractivity contribution in [1.82, 2.24) is 0 Å². The zero-order valence-electron chi connectivity index (χ0n) is 14.2. The Balaban J connectivity index is 1.36. The van der Waals surface area contributed by atoms with Gasteiger partial charge in [-0.3, -0.25) is 9.59 Å². The molecule has 1 amide bonds. The summed E-state index contributed by atoms with van der Waals surface area (Å²) >= 11 is 17.9. The average Bonchev–Trinajstić information content (AvgIpc) is 2.56. The van der Waals surface area contributed by atoms with Gasteiger partial charge in [-0.1, -0.05) is 34.8 Å². The first-order valence-electron chi connectivity index (χ1n) is 8.96. The number of anilines is 1. The van der Waals surface area contributed by atoms with Crippen LogP contribution >= 0.6 is 34.8 Å². The number of rotatable bonds is 4. The van der Waals surface area contributed by atoms with E-state index in [9.17, 15) is 9.59 Å². The minimum Gasteiger partial charge on any atom is -0.455 e. The lowest BCUT2D eigenvalue weighted by Crippen LogP contribution is -2.50. The first kappa shape index (κ1) is 18.4. The van der Waals surface area contributed by atoms with Gasteiger partial charge < -0.3 is 10.1 Å². The molecule has 4 bridgehead atoms. The van der Waals surface area contributed by atoms with Gasteiger partial charge in [0.05, 0.1) is 26.2 Å². The van der Waals surface area contributed by atoms with E-state index in [2.05, 4.69) is 5.32 Å². The molecule has 4 aliphatic carbocycles. The van der Waals surface area contributed by atoms with E-state index in [1.807, 2.05) is 0 Å². The zero-order chi connectivity index (χ0) is 18.5. The summed E-state index contributed by atoms with van der Waals surface area (Å²) in [5.41, 5.74) is -0.0205. The van der Waals surface area contributed by atoms with E-state index in [1.165, 1.54) is 31.4 Å². The smallest absolute Gasteiger partial charge is 0.312 e. The summed E-state index contributed by atoms with van der Waals surface area (Å²) < 4.78 is 5.40. The Morgan fingerprint density at radius 2 is 1.50 bits per heavy atom. The number of carbonyl (C=O) groups is 2. The number of nitrogens with one attached hydrogen (secondary N) is 1. The molecule has 0 radical (unpaired) electrons. The fraction of sp³-hybridized carbons (Fsp3) is 0.579. The third-order valence-corrected chi connectivity index (χ3v) is 7.12. The van der Waals surface area contributed by atoms with E-state index in [0.29, 0.717) is 28.5 Å². The van der Waals surface area contributed by atoms with Gasteiger partial charge in [0, 0.05) is 0 Å². The standard InChI is InChI=1S/C19H20Cl3NO3/c20-13-4-15(22)16(5-14(13)21)23-17(24)9-26-18(25)19-6-10-1-11(7-19)3-12(2-10)8-19/h4-5,10-12H,1-3,6-9H2,(H,23,24). The lowest BCUT2D eigenvalue weighted by atomic mass is 9.49. The fourth-order valence-electron chi connectivity index (χ4n) is 5.45. The number of benzene rings is 1. The molecule has 140 valence electrons. The average molecular weight is 417 g/mol. The van der Waals surface area contributed by atoms with Crippen molar-refractivity contribution in [2.75, 3.05) is 11.9 Å². The van der Waals surface area contributed by atoms with Crippen molar-refractivity contribution < 1.29 is 14.3 Å². The molecule has 1 N–H and O–H groups in total. The van der Waals surface area contributed by atoms with Gasteiger partial charge in [-0.2, -0.15) is 0 Å². The number of amides is 1. The van der Waals surface area contributed by atoms with Crippen LogP contribution in [0.15, 0.2) is 12.1 Å². The zero-order valence-corrected chi connectivity index (χ0v) is 16.5. The summed E-state index contributed by atoms with van der Waals surface area (Å²) in [7, 11) is 0. The molecule has 0 aromatic heterocycles. The molecule has 0 heterocycles. The van der Waals surface area contributed by atoms with Crippen LogP contribution in [-0.2, 0) is 14.3 Å². The van der Waals surface area contributed by atoms with Crippen molar-refractivity contribution in [1.29, 1.82) is 0 Å². The Labute approximate surface area is 167 Å². The second-order valence-electron chi connectivity index (χ2n) is 8.07. The van der Waals surface area contributed by atoms with Crippen LogP contribution in [0.1, 0.15) is 38.5 Å². The van der Waals surface area contributed by atoms with E-state index >= 15 is 0 Å². The molecule has 4 fully saturated rings. The minimum absolute atomic E-state index is 0.216. The molecule has 0 aliphatic heterocycles. The van der Waals surface area contributed by atoms with Gasteiger partial charge in [-0.25, -0.2) is 0 Å². The van der Waals surface area contributed by atoms with Gasteiger partial charge in [-0.05, 0) is 68.4 Å². The molecular formula is C19H20Cl3NO3. The molecule has 4 nitrogen and oxygen atoms in total. The number of esters is 1. The lowest BCUT2D eigenvalue weighted by molar-refractivity contribution is -0.172. The predicted octanol–water partition coefficient (Wildman–Crippen LogP) is 5.34. The van der Waals surface area contributed by atoms with Crippen LogP contribution in [0.5, 0.6) is 0 Å². The first-order chi connectivity index (χ1) is 12.3. The topological polar surface area (TPSA) is 55.4 Å². The second kappa shape index (κ2) is 6.88. The molecule has 1 aromatic carbocycles. The monoisotopic (exact) mass is 415 g/mol. The lowest BCUT2D eigenvalue weighted by Gasteiger charge is -2.55. The molecular weight excluding hydrogens is 397 g/mol. The molecule has 5 rings (SSSR count). The highest BCUT2D eigenvalue weighted by molar-refractivity contribution is 6.44. The summed E-state index contributed by atoms with van der Waals surface area (Å²) in [4.78, 5) is 24.9. The molecule has 0 atom stereocenters. The van der Waals surface area contributed by atoms with E-state index in [4.69, 9.17) is 39.5 Å². The normalized spacial score (nSPS) is 31.7. The third-order valence-electron chi connectivity index (χ3n) is 6.09. The van der Waals surface area contributed by atoms with Crippen LogP contribution in [0.4, 0.5) is 5.69 Å². The van der Waals surface area contributed by atoms with Gasteiger partial charge >= 0.3 is 5.97 Å². The minimum atomic E-state index is -0.441. The van der Waals surface area contributed by atoms with Gasteiger partial charge in [0.2, 0.25) is 0 Å². The van der Waals surface area contributed by atoms with Crippen molar-refractivity contribution in [2.45, 2.75) is 38.5 Å². The van der Waals surface area contributed by atoms with Crippen molar-refractivity contribution in [2.24, 2.45) is 23.2 Å². The summed E-state index contributed by atoms with van der Waals surface area (Å²) in [6.07, 6.45) is 6.50. The Hall–Kier alpha value is -0.970. The summed E-state index contributed by atoms with van der Waals surface area (Å²) in [6.45, 7) is -0.322. The first-order valence-corrected chi connectivity index (χ1v) is 10.1. The van der Waals surface area contributed by atoms with Crippen molar-refractivity contribution >= 4 is 52.4 Å². The van der Waals surface area contributed by atoms with Gasteiger partial charge in [0.15, 0.2) is 6.61 Å². The fourth-order valence-corrected chi connectivity index (χ4v) is 6.04. The molecule has 26 heavy (non-hydrogen) atoms. The Kier molecular flexibility index (Phi) is 4.87. The molecule has 4 aliphatic rings. The van der Waals surface area contributed by atoms with Crippen LogP contribution in [0, 0.1) is 23.2 Å². The van der Waals surface area contributed by atoms with Crippen LogP contribution in [0.3, 0.4) is 0 Å². The van der Waals surface area contributed by atoms with E-state index in [1.54, 1.807) is 0 Å². The van der Waals surface area contributed by atoms with Crippen molar-refractivity contribution in [3.05, 3.63) is 27.2 Å². The Morgan fingerprint density at radius 1 is 0.962 bits per heavy atom. The highest BCUT2D eigenvalue weighted by atomic mass is 35.5. The third kappa shape index (κ3) is 3.44. The Bertz CT molecular complexity index is 729. The van der Waals surface area contributed by atoms with Crippen LogP contribution in [-0.4, -0.2) is 18.5 Å². The summed E-state index contributed by atoms with van der Waals surface area (Å²) in [6, 6.07) is 2.94. The second-order valence-corrected chi connectivity index (χ2v) is 9.29. The maximum Gasteiger partial charge on any atom is 0.312 e. The van der Waals surface area contributed by atoms with Crippen LogP contribution in [0.25, 0.3) is 0 Å².